The summed E-state index contributed by atoms with van der Waals surface area (Å²) >= 11 is 0. The van der Waals surface area contributed by atoms with Crippen LogP contribution in [0.5, 0.6) is 23.0 Å². The molecule has 0 aliphatic carbocycles. The minimum Gasteiger partial charge on any atom is -0.491 e. The van der Waals surface area contributed by atoms with Gasteiger partial charge in [-0.05, 0) is 93.5 Å². The Morgan fingerprint density at radius 3 is 0.744 bits per heavy atom. The highest BCUT2D eigenvalue weighted by Crippen LogP contribution is 2.23. The van der Waals surface area contributed by atoms with Gasteiger partial charge in [0.05, 0.1) is 49.2 Å². The molecule has 0 aliphatic rings. The SMILES string of the molecule is Nc1ccccc1OCCCCCCOc1ccccc1N.Nc1ccccc1OCCCCCOc1ccccc1N. The fourth-order valence-electron chi connectivity index (χ4n) is 4.11. The zero-order valence-corrected chi connectivity index (χ0v) is 25.0. The van der Waals surface area contributed by atoms with Crippen molar-refractivity contribution in [2.45, 2.75) is 44.9 Å². The summed E-state index contributed by atoms with van der Waals surface area (Å²) in [4.78, 5) is 0. The first-order valence-corrected chi connectivity index (χ1v) is 14.9. The van der Waals surface area contributed by atoms with E-state index in [1.54, 1.807) is 0 Å². The summed E-state index contributed by atoms with van der Waals surface area (Å²) in [5.74, 6) is 3.05. The van der Waals surface area contributed by atoms with E-state index in [9.17, 15) is 0 Å². The number of nitrogens with two attached hydrogens (primary N) is 4. The summed E-state index contributed by atoms with van der Waals surface area (Å²) in [6.45, 7) is 2.73. The number of ether oxygens (including phenoxy) is 4. The first-order valence-electron chi connectivity index (χ1n) is 14.9. The predicted octanol–water partition coefficient (Wildman–Crippen LogP) is 7.35. The summed E-state index contributed by atoms with van der Waals surface area (Å²) in [7, 11) is 0. The van der Waals surface area contributed by atoms with Crippen LogP contribution in [0.3, 0.4) is 0 Å². The highest BCUT2D eigenvalue weighted by Gasteiger charge is 2.01. The molecule has 0 unspecified atom stereocenters. The van der Waals surface area contributed by atoms with Gasteiger partial charge in [-0.25, -0.2) is 0 Å². The molecule has 0 aromatic heterocycles. The highest BCUT2D eigenvalue weighted by atomic mass is 16.5. The topological polar surface area (TPSA) is 141 Å². The van der Waals surface area contributed by atoms with E-state index in [0.29, 0.717) is 49.2 Å². The third kappa shape index (κ3) is 12.8. The monoisotopic (exact) mass is 586 g/mol. The van der Waals surface area contributed by atoms with Crippen molar-refractivity contribution in [2.75, 3.05) is 49.4 Å². The van der Waals surface area contributed by atoms with Gasteiger partial charge in [-0.2, -0.15) is 0 Å². The molecule has 0 bridgehead atoms. The number of anilines is 4. The lowest BCUT2D eigenvalue weighted by molar-refractivity contribution is 0.281. The molecule has 0 atom stereocenters. The van der Waals surface area contributed by atoms with Crippen molar-refractivity contribution >= 4 is 22.7 Å². The molecular formula is C35H46N4O4. The van der Waals surface area contributed by atoms with Crippen LogP contribution in [0.1, 0.15) is 44.9 Å². The lowest BCUT2D eigenvalue weighted by Crippen LogP contribution is -2.03. The van der Waals surface area contributed by atoms with Crippen LogP contribution in [0.15, 0.2) is 97.1 Å². The third-order valence-corrected chi connectivity index (χ3v) is 6.53. The largest absolute Gasteiger partial charge is 0.491 e. The third-order valence-electron chi connectivity index (χ3n) is 6.53. The van der Waals surface area contributed by atoms with Crippen LogP contribution in [0.25, 0.3) is 0 Å². The molecule has 230 valence electrons. The summed E-state index contributed by atoms with van der Waals surface area (Å²) < 4.78 is 22.6. The zero-order chi connectivity index (χ0) is 30.5. The standard InChI is InChI=1S/C18H24N2O2.C17H22N2O2/c19-15-9-3-5-11-17(15)21-13-7-1-2-8-14-22-18-12-6-4-10-16(18)20;18-14-8-2-4-10-16(14)20-12-6-1-7-13-21-17-11-5-3-9-15(17)19/h3-6,9-12H,1-2,7-8,13-14,19-20H2;2-5,8-11H,1,6-7,12-13,18-19H2. The van der Waals surface area contributed by atoms with Gasteiger partial charge in [-0.1, -0.05) is 48.5 Å². The van der Waals surface area contributed by atoms with Gasteiger partial charge in [-0.15, -0.1) is 0 Å². The Balaban J connectivity index is 0.000000236. The van der Waals surface area contributed by atoms with Crippen LogP contribution in [0.4, 0.5) is 22.7 Å². The van der Waals surface area contributed by atoms with Gasteiger partial charge in [-0.3, -0.25) is 0 Å². The van der Waals surface area contributed by atoms with Crippen LogP contribution in [0.2, 0.25) is 0 Å². The normalized spacial score (nSPS) is 10.3. The summed E-state index contributed by atoms with van der Waals surface area (Å²) in [6.07, 6.45) is 7.24. The molecule has 0 saturated heterocycles. The molecule has 4 aromatic rings. The highest BCUT2D eigenvalue weighted by molar-refractivity contribution is 5.53. The molecule has 43 heavy (non-hydrogen) atoms. The van der Waals surface area contributed by atoms with Crippen molar-refractivity contribution in [1.82, 2.24) is 0 Å². The second-order valence-corrected chi connectivity index (χ2v) is 10.0. The van der Waals surface area contributed by atoms with E-state index in [1.165, 1.54) is 0 Å². The van der Waals surface area contributed by atoms with Gasteiger partial charge in [0, 0.05) is 0 Å². The summed E-state index contributed by atoms with van der Waals surface area (Å²) in [5.41, 5.74) is 26.0. The molecule has 0 amide bonds. The minimum atomic E-state index is 0.668. The molecule has 0 aliphatic heterocycles. The maximum atomic E-state index is 5.82. The van der Waals surface area contributed by atoms with Crippen LogP contribution >= 0.6 is 0 Å². The van der Waals surface area contributed by atoms with Crippen LogP contribution in [0, 0.1) is 0 Å². The Morgan fingerprint density at radius 2 is 0.512 bits per heavy atom. The first kappa shape index (κ1) is 32.8. The Bertz CT molecular complexity index is 1230. The van der Waals surface area contributed by atoms with Crippen molar-refractivity contribution in [3.63, 3.8) is 0 Å². The average Bonchev–Trinajstić information content (AvgIpc) is 3.02. The van der Waals surface area contributed by atoms with Crippen molar-refractivity contribution in [3.8, 4) is 23.0 Å². The second kappa shape index (κ2) is 19.4. The number of rotatable bonds is 17. The molecule has 8 nitrogen and oxygen atoms in total. The average molecular weight is 587 g/mol. The second-order valence-electron chi connectivity index (χ2n) is 10.0. The van der Waals surface area contributed by atoms with Gasteiger partial charge in [0.25, 0.3) is 0 Å². The molecule has 0 saturated carbocycles. The number of hydrogen-bond acceptors (Lipinski definition) is 8. The molecule has 8 heteroatoms. The van der Waals surface area contributed by atoms with E-state index in [-0.39, 0.29) is 0 Å². The maximum absolute atomic E-state index is 5.82. The minimum absolute atomic E-state index is 0.668. The van der Waals surface area contributed by atoms with Gasteiger partial charge in [0.1, 0.15) is 23.0 Å². The predicted molar refractivity (Wildman–Crippen MR) is 178 cm³/mol. The van der Waals surface area contributed by atoms with Crippen molar-refractivity contribution in [1.29, 1.82) is 0 Å². The van der Waals surface area contributed by atoms with E-state index in [2.05, 4.69) is 0 Å². The molecule has 4 aromatic carbocycles. The van der Waals surface area contributed by atoms with Crippen molar-refractivity contribution in [3.05, 3.63) is 97.1 Å². The Morgan fingerprint density at radius 1 is 0.302 bits per heavy atom. The summed E-state index contributed by atoms with van der Waals surface area (Å²) in [6, 6.07) is 30.2. The molecule has 0 radical (unpaired) electrons. The van der Waals surface area contributed by atoms with Crippen molar-refractivity contribution < 1.29 is 18.9 Å². The maximum Gasteiger partial charge on any atom is 0.142 e. The zero-order valence-electron chi connectivity index (χ0n) is 25.0. The van der Waals surface area contributed by atoms with Gasteiger partial charge < -0.3 is 41.9 Å². The van der Waals surface area contributed by atoms with Crippen LogP contribution < -0.4 is 41.9 Å². The number of hydrogen-bond donors (Lipinski definition) is 4. The van der Waals surface area contributed by atoms with Crippen molar-refractivity contribution in [2.24, 2.45) is 0 Å². The lowest BCUT2D eigenvalue weighted by Gasteiger charge is -2.09. The van der Waals surface area contributed by atoms with E-state index in [4.69, 9.17) is 41.9 Å². The van der Waals surface area contributed by atoms with E-state index in [0.717, 1.165) is 67.9 Å². The summed E-state index contributed by atoms with van der Waals surface area (Å²) in [5, 5.41) is 0. The fourth-order valence-corrected chi connectivity index (χ4v) is 4.11. The van der Waals surface area contributed by atoms with Gasteiger partial charge >= 0.3 is 0 Å². The van der Waals surface area contributed by atoms with Gasteiger partial charge in [0.15, 0.2) is 0 Å². The number of nitrogen functional groups attached to an aromatic ring is 4. The molecule has 0 spiro atoms. The van der Waals surface area contributed by atoms with E-state index in [1.807, 2.05) is 97.1 Å². The smallest absolute Gasteiger partial charge is 0.142 e. The Kier molecular flexibility index (Phi) is 14.8. The Hall–Kier alpha value is -4.72. The lowest BCUT2D eigenvalue weighted by atomic mass is 10.2. The molecule has 0 fully saturated rings. The number of unbranched alkanes of at least 4 members (excludes halogenated alkanes) is 5. The molecule has 0 heterocycles. The Labute approximate surface area is 255 Å². The van der Waals surface area contributed by atoms with E-state index < -0.39 is 0 Å². The van der Waals surface area contributed by atoms with Gasteiger partial charge in [0.2, 0.25) is 0 Å². The first-order chi connectivity index (χ1) is 21.0. The van der Waals surface area contributed by atoms with E-state index >= 15 is 0 Å². The molecule has 8 N–H and O–H groups in total. The molecular weight excluding hydrogens is 540 g/mol. The number of para-hydroxylation sites is 8. The number of benzene rings is 4. The fraction of sp³-hybridized carbons (Fsp3) is 0.314. The molecule has 4 rings (SSSR count). The quantitative estimate of drug-likeness (QED) is 0.0743. The van der Waals surface area contributed by atoms with Crippen LogP contribution in [-0.4, -0.2) is 26.4 Å². The van der Waals surface area contributed by atoms with Crippen LogP contribution in [-0.2, 0) is 0 Å².